The number of fused-ring (bicyclic) bond motifs is 1. The lowest BCUT2D eigenvalue weighted by molar-refractivity contribution is -0.137. The van der Waals surface area contributed by atoms with Gasteiger partial charge in [0.1, 0.15) is 11.9 Å². The van der Waals surface area contributed by atoms with Gasteiger partial charge in [0.05, 0.1) is 5.56 Å². The highest BCUT2D eigenvalue weighted by Gasteiger charge is 2.32. The monoisotopic (exact) mass is 231 g/mol. The van der Waals surface area contributed by atoms with Gasteiger partial charge in [0.15, 0.2) is 0 Å². The minimum Gasteiger partial charge on any atom is -0.489 e. The molecule has 1 aliphatic rings. The van der Waals surface area contributed by atoms with E-state index in [1.807, 2.05) is 0 Å². The number of nitrogens with two attached hydrogens (primary N) is 1. The predicted molar refractivity (Wildman–Crippen MR) is 53.2 cm³/mol. The highest BCUT2D eigenvalue weighted by molar-refractivity contribution is 5.40. The Balaban J connectivity index is 2.31. The molecular weight excluding hydrogens is 219 g/mol. The van der Waals surface area contributed by atoms with E-state index in [4.69, 9.17) is 10.5 Å². The number of aryl methyl sites for hydroxylation is 1. The fourth-order valence-electron chi connectivity index (χ4n) is 1.77. The first-order valence-corrected chi connectivity index (χ1v) is 5.07. The van der Waals surface area contributed by atoms with Gasteiger partial charge < -0.3 is 10.5 Å². The van der Waals surface area contributed by atoms with E-state index < -0.39 is 11.7 Å². The second-order valence-corrected chi connectivity index (χ2v) is 3.83. The van der Waals surface area contributed by atoms with E-state index in [1.165, 1.54) is 6.07 Å². The van der Waals surface area contributed by atoms with Gasteiger partial charge in [-0.15, -0.1) is 0 Å². The molecule has 2 rings (SSSR count). The minimum atomic E-state index is -4.33. The Labute approximate surface area is 91.2 Å². The largest absolute Gasteiger partial charge is 0.489 e. The number of halogens is 3. The van der Waals surface area contributed by atoms with Gasteiger partial charge in [0.25, 0.3) is 0 Å². The van der Waals surface area contributed by atoms with Gasteiger partial charge in [-0.1, -0.05) is 6.07 Å². The molecule has 0 spiro atoms. The minimum absolute atomic E-state index is 0.170. The lowest BCUT2D eigenvalue weighted by atomic mass is 10.0. The second kappa shape index (κ2) is 3.97. The quantitative estimate of drug-likeness (QED) is 0.805. The van der Waals surface area contributed by atoms with Gasteiger partial charge in [-0.2, -0.15) is 13.2 Å². The van der Waals surface area contributed by atoms with Crippen molar-refractivity contribution in [2.75, 3.05) is 6.54 Å². The molecule has 0 radical (unpaired) electrons. The zero-order chi connectivity index (χ0) is 11.8. The molecule has 16 heavy (non-hydrogen) atoms. The van der Waals surface area contributed by atoms with Crippen LogP contribution in [-0.4, -0.2) is 12.6 Å². The highest BCUT2D eigenvalue weighted by Crippen LogP contribution is 2.35. The van der Waals surface area contributed by atoms with Crippen LogP contribution in [0.15, 0.2) is 18.2 Å². The Morgan fingerprint density at radius 2 is 2.12 bits per heavy atom. The standard InChI is InChI=1S/C11H12F3NO/c12-11(13,14)8-3-1-7-2-4-9(6-15)16-10(7)5-8/h1,3,5,9H,2,4,6,15H2/t9-/m1/s1. The maximum absolute atomic E-state index is 12.5. The molecule has 1 aromatic rings. The second-order valence-electron chi connectivity index (χ2n) is 3.83. The molecule has 0 amide bonds. The third-order valence-corrected chi connectivity index (χ3v) is 2.69. The summed E-state index contributed by atoms with van der Waals surface area (Å²) in [5.74, 6) is 0.316. The van der Waals surface area contributed by atoms with Crippen LogP contribution in [0.25, 0.3) is 0 Å². The van der Waals surface area contributed by atoms with Crippen molar-refractivity contribution in [1.82, 2.24) is 0 Å². The summed E-state index contributed by atoms with van der Waals surface area (Å²) >= 11 is 0. The first kappa shape index (κ1) is 11.3. The summed E-state index contributed by atoms with van der Waals surface area (Å²) in [5.41, 5.74) is 5.58. The molecule has 0 bridgehead atoms. The van der Waals surface area contributed by atoms with E-state index in [0.717, 1.165) is 30.5 Å². The Hall–Kier alpha value is -1.23. The maximum Gasteiger partial charge on any atom is 0.416 e. The molecule has 0 aliphatic carbocycles. The average Bonchev–Trinajstić information content (AvgIpc) is 2.26. The van der Waals surface area contributed by atoms with Crippen molar-refractivity contribution in [3.8, 4) is 5.75 Å². The number of rotatable bonds is 1. The summed E-state index contributed by atoms with van der Waals surface area (Å²) in [4.78, 5) is 0. The van der Waals surface area contributed by atoms with Crippen LogP contribution in [-0.2, 0) is 12.6 Å². The summed E-state index contributed by atoms with van der Waals surface area (Å²) < 4.78 is 42.8. The molecular formula is C11H12F3NO. The first-order chi connectivity index (χ1) is 7.50. The lowest BCUT2D eigenvalue weighted by Crippen LogP contribution is -2.30. The van der Waals surface area contributed by atoms with Crippen LogP contribution in [0.2, 0.25) is 0 Å². The summed E-state index contributed by atoms with van der Waals surface area (Å²) in [6, 6.07) is 3.62. The SMILES string of the molecule is NC[C@H]1CCc2ccc(C(F)(F)F)cc2O1. The zero-order valence-corrected chi connectivity index (χ0v) is 8.55. The van der Waals surface area contributed by atoms with E-state index in [-0.39, 0.29) is 6.10 Å². The van der Waals surface area contributed by atoms with Crippen LogP contribution in [0.1, 0.15) is 17.5 Å². The van der Waals surface area contributed by atoms with Gasteiger partial charge >= 0.3 is 6.18 Å². The smallest absolute Gasteiger partial charge is 0.416 e. The van der Waals surface area contributed by atoms with E-state index in [1.54, 1.807) is 0 Å². The van der Waals surface area contributed by atoms with Crippen molar-refractivity contribution in [3.05, 3.63) is 29.3 Å². The van der Waals surface area contributed by atoms with Gasteiger partial charge in [-0.25, -0.2) is 0 Å². The highest BCUT2D eigenvalue weighted by atomic mass is 19.4. The van der Waals surface area contributed by atoms with Crippen molar-refractivity contribution in [1.29, 1.82) is 0 Å². The molecule has 0 saturated heterocycles. The molecule has 2 N–H and O–H groups in total. The van der Waals surface area contributed by atoms with E-state index in [9.17, 15) is 13.2 Å². The van der Waals surface area contributed by atoms with Crippen molar-refractivity contribution >= 4 is 0 Å². The Morgan fingerprint density at radius 3 is 2.75 bits per heavy atom. The van der Waals surface area contributed by atoms with Crippen LogP contribution in [0.3, 0.4) is 0 Å². The molecule has 1 aromatic carbocycles. The van der Waals surface area contributed by atoms with E-state index in [2.05, 4.69) is 0 Å². The number of hydrogen-bond donors (Lipinski definition) is 1. The van der Waals surface area contributed by atoms with E-state index in [0.29, 0.717) is 12.3 Å². The van der Waals surface area contributed by atoms with Gasteiger partial charge in [-0.05, 0) is 30.5 Å². The predicted octanol–water partition coefficient (Wildman–Crippen LogP) is 2.36. The van der Waals surface area contributed by atoms with Crippen molar-refractivity contribution in [3.63, 3.8) is 0 Å². The number of benzene rings is 1. The number of hydrogen-bond acceptors (Lipinski definition) is 2. The van der Waals surface area contributed by atoms with Gasteiger partial charge in [0, 0.05) is 6.54 Å². The zero-order valence-electron chi connectivity index (χ0n) is 8.55. The van der Waals surface area contributed by atoms with E-state index >= 15 is 0 Å². The molecule has 0 unspecified atom stereocenters. The third kappa shape index (κ3) is 2.14. The lowest BCUT2D eigenvalue weighted by Gasteiger charge is -2.25. The Kier molecular flexibility index (Phi) is 2.80. The molecule has 0 fully saturated rings. The van der Waals surface area contributed by atoms with Crippen LogP contribution in [0, 0.1) is 0 Å². The molecule has 2 nitrogen and oxygen atoms in total. The molecule has 88 valence electrons. The Morgan fingerprint density at radius 1 is 1.38 bits per heavy atom. The van der Waals surface area contributed by atoms with Crippen LogP contribution < -0.4 is 10.5 Å². The third-order valence-electron chi connectivity index (χ3n) is 2.69. The topological polar surface area (TPSA) is 35.2 Å². The summed E-state index contributed by atoms with van der Waals surface area (Å²) in [6.45, 7) is 0.329. The van der Waals surface area contributed by atoms with Crippen LogP contribution in [0.5, 0.6) is 5.75 Å². The normalized spacial score (nSPS) is 20.1. The Bertz CT molecular complexity index is 389. The van der Waals surface area contributed by atoms with Crippen LogP contribution >= 0.6 is 0 Å². The molecule has 1 atom stereocenters. The van der Waals surface area contributed by atoms with Gasteiger partial charge in [-0.3, -0.25) is 0 Å². The fourth-order valence-corrected chi connectivity index (χ4v) is 1.77. The van der Waals surface area contributed by atoms with Gasteiger partial charge in [0.2, 0.25) is 0 Å². The summed E-state index contributed by atoms with van der Waals surface area (Å²) in [5, 5.41) is 0. The average molecular weight is 231 g/mol. The van der Waals surface area contributed by atoms with Crippen molar-refractivity contribution in [2.24, 2.45) is 5.73 Å². The van der Waals surface area contributed by atoms with Crippen molar-refractivity contribution < 1.29 is 17.9 Å². The number of ether oxygens (including phenoxy) is 1. The fraction of sp³-hybridized carbons (Fsp3) is 0.455. The summed E-state index contributed by atoms with van der Waals surface area (Å²) in [7, 11) is 0. The molecule has 1 heterocycles. The summed E-state index contributed by atoms with van der Waals surface area (Å²) in [6.07, 6.45) is -3.02. The first-order valence-electron chi connectivity index (χ1n) is 5.07. The molecule has 0 aromatic heterocycles. The van der Waals surface area contributed by atoms with Crippen LogP contribution in [0.4, 0.5) is 13.2 Å². The number of alkyl halides is 3. The maximum atomic E-state index is 12.5. The van der Waals surface area contributed by atoms with Crippen molar-refractivity contribution in [2.45, 2.75) is 25.1 Å². The molecule has 0 saturated carbocycles. The molecule has 5 heteroatoms. The molecule has 1 aliphatic heterocycles.